The van der Waals surface area contributed by atoms with Crippen LogP contribution in [0.3, 0.4) is 0 Å². The Morgan fingerprint density at radius 3 is 2.60 bits per heavy atom. The van der Waals surface area contributed by atoms with Gasteiger partial charge in [0, 0.05) is 24.1 Å². The van der Waals surface area contributed by atoms with Crippen LogP contribution in [0, 0.1) is 12.7 Å². The summed E-state index contributed by atoms with van der Waals surface area (Å²) in [7, 11) is -3.63. The first-order valence-electron chi connectivity index (χ1n) is 14.7. The molecule has 10 nitrogen and oxygen atoms in total. The second-order valence-electron chi connectivity index (χ2n) is 11.5. The average molecular weight is 632 g/mol. The van der Waals surface area contributed by atoms with Crippen molar-refractivity contribution in [1.82, 2.24) is 14.8 Å². The van der Waals surface area contributed by atoms with Gasteiger partial charge in [-0.05, 0) is 85.3 Å². The van der Waals surface area contributed by atoms with Crippen LogP contribution in [0.25, 0.3) is 16.6 Å². The SMILES string of the molecule is Cc1cc(Oc2ccccc2F)ccc1-n1ncc(C(=O)c2cc3cc(C(C)C)c(NS(=O)(=O)C4CCOCC4)cc3[nH]2)c1N. The van der Waals surface area contributed by atoms with E-state index in [0.29, 0.717) is 54.4 Å². The van der Waals surface area contributed by atoms with Gasteiger partial charge in [0.2, 0.25) is 15.8 Å². The minimum absolute atomic E-state index is 0.0245. The maximum Gasteiger partial charge on any atom is 0.235 e. The number of para-hydroxylation sites is 1. The van der Waals surface area contributed by atoms with Gasteiger partial charge >= 0.3 is 0 Å². The van der Waals surface area contributed by atoms with Crippen LogP contribution < -0.4 is 15.2 Å². The number of benzene rings is 3. The monoisotopic (exact) mass is 631 g/mol. The van der Waals surface area contributed by atoms with Gasteiger partial charge in [-0.25, -0.2) is 17.5 Å². The zero-order valence-electron chi connectivity index (χ0n) is 25.1. The molecule has 5 aromatic rings. The van der Waals surface area contributed by atoms with Gasteiger partial charge in [0.25, 0.3) is 0 Å². The second kappa shape index (κ2) is 12.0. The molecule has 0 amide bonds. The predicted octanol–water partition coefficient (Wildman–Crippen LogP) is 6.45. The molecule has 1 fully saturated rings. The number of aryl methyl sites for hydroxylation is 1. The van der Waals surface area contributed by atoms with Crippen LogP contribution in [0.2, 0.25) is 0 Å². The van der Waals surface area contributed by atoms with E-state index in [2.05, 4.69) is 14.8 Å². The molecule has 1 saturated heterocycles. The summed E-state index contributed by atoms with van der Waals surface area (Å²) in [5, 5.41) is 4.62. The molecule has 1 aliphatic heterocycles. The second-order valence-corrected chi connectivity index (χ2v) is 13.4. The van der Waals surface area contributed by atoms with Crippen LogP contribution in [0.4, 0.5) is 15.9 Å². The van der Waals surface area contributed by atoms with Crippen molar-refractivity contribution in [3.05, 3.63) is 95.1 Å². The largest absolute Gasteiger partial charge is 0.454 e. The van der Waals surface area contributed by atoms with Gasteiger partial charge in [0.05, 0.1) is 34.1 Å². The molecule has 2 aromatic heterocycles. The number of ketones is 1. The zero-order valence-corrected chi connectivity index (χ0v) is 25.9. The smallest absolute Gasteiger partial charge is 0.235 e. The molecule has 1 aliphatic rings. The summed E-state index contributed by atoms with van der Waals surface area (Å²) >= 11 is 0. The van der Waals surface area contributed by atoms with Crippen LogP contribution in [0.15, 0.2) is 66.9 Å². The minimum Gasteiger partial charge on any atom is -0.454 e. The summed E-state index contributed by atoms with van der Waals surface area (Å²) in [5.41, 5.74) is 10.2. The number of rotatable bonds is 9. The summed E-state index contributed by atoms with van der Waals surface area (Å²) in [4.78, 5) is 16.8. The Labute approximate surface area is 260 Å². The lowest BCUT2D eigenvalue weighted by molar-refractivity contribution is 0.0984. The average Bonchev–Trinajstić information content (AvgIpc) is 3.61. The highest BCUT2D eigenvalue weighted by atomic mass is 32.2. The highest BCUT2D eigenvalue weighted by Gasteiger charge is 2.29. The number of aromatic nitrogens is 3. The molecule has 6 rings (SSSR count). The van der Waals surface area contributed by atoms with Crippen molar-refractivity contribution >= 4 is 38.2 Å². The summed E-state index contributed by atoms with van der Waals surface area (Å²) in [6.07, 6.45) is 2.30. The van der Waals surface area contributed by atoms with Gasteiger partial charge in [-0.1, -0.05) is 26.0 Å². The molecule has 0 spiro atoms. The van der Waals surface area contributed by atoms with Gasteiger partial charge in [0.15, 0.2) is 11.6 Å². The van der Waals surface area contributed by atoms with Crippen LogP contribution in [-0.2, 0) is 14.8 Å². The normalized spacial score (nSPS) is 14.2. The fraction of sp³-hybridized carbons (Fsp3) is 0.273. The summed E-state index contributed by atoms with van der Waals surface area (Å²) in [5.74, 6) is -0.101. The number of aromatic amines is 1. The van der Waals surface area contributed by atoms with Gasteiger partial charge in [-0.3, -0.25) is 9.52 Å². The first-order chi connectivity index (χ1) is 21.5. The number of carbonyl (C=O) groups is 1. The zero-order chi connectivity index (χ0) is 31.9. The minimum atomic E-state index is -3.63. The van der Waals surface area contributed by atoms with E-state index in [-0.39, 0.29) is 28.8 Å². The Balaban J connectivity index is 1.27. The molecule has 0 aliphatic carbocycles. The van der Waals surface area contributed by atoms with Crippen molar-refractivity contribution in [1.29, 1.82) is 0 Å². The Morgan fingerprint density at radius 2 is 1.89 bits per heavy atom. The van der Waals surface area contributed by atoms with E-state index in [4.69, 9.17) is 15.2 Å². The fourth-order valence-corrected chi connectivity index (χ4v) is 7.03. The molecule has 4 N–H and O–H groups in total. The molecule has 0 saturated carbocycles. The number of nitrogen functional groups attached to an aromatic ring is 1. The lowest BCUT2D eigenvalue weighted by Crippen LogP contribution is -2.33. The standard InChI is InChI=1S/C33H34FN5O5S/c1-19(2)24-15-21-16-29(37-27(21)17-28(24)38-45(41,42)23-10-12-43-13-11-23)32(40)25-18-36-39(33(25)35)30-9-8-22(14-20(30)3)44-31-7-5-4-6-26(31)34/h4-9,14-19,23,37-38H,10-13,35H2,1-3H3. The molecule has 234 valence electrons. The topological polar surface area (TPSA) is 141 Å². The number of halogens is 1. The number of fused-ring (bicyclic) bond motifs is 1. The summed E-state index contributed by atoms with van der Waals surface area (Å²) < 4.78 is 55.7. The molecule has 12 heteroatoms. The molecule has 3 heterocycles. The van der Waals surface area contributed by atoms with Gasteiger partial charge in [-0.15, -0.1) is 0 Å². The van der Waals surface area contributed by atoms with Crippen molar-refractivity contribution < 1.29 is 27.1 Å². The van der Waals surface area contributed by atoms with E-state index in [1.807, 2.05) is 26.8 Å². The maximum absolute atomic E-state index is 14.0. The van der Waals surface area contributed by atoms with Crippen LogP contribution in [0.5, 0.6) is 11.5 Å². The third-order valence-electron chi connectivity index (χ3n) is 8.03. The third kappa shape index (κ3) is 6.03. The Hall–Kier alpha value is -4.68. The Morgan fingerprint density at radius 1 is 1.13 bits per heavy atom. The lowest BCUT2D eigenvalue weighted by atomic mass is 9.99. The Bertz CT molecular complexity index is 2010. The maximum atomic E-state index is 14.0. The van der Waals surface area contributed by atoms with Crippen molar-refractivity contribution in [2.45, 2.75) is 44.8 Å². The number of sulfonamides is 1. The number of nitrogens with zero attached hydrogens (tertiary/aromatic N) is 2. The third-order valence-corrected chi connectivity index (χ3v) is 9.88. The molecule has 45 heavy (non-hydrogen) atoms. The first kappa shape index (κ1) is 30.4. The molecule has 0 bridgehead atoms. The quantitative estimate of drug-likeness (QED) is 0.159. The number of carbonyl (C=O) groups excluding carboxylic acids is 1. The van der Waals surface area contributed by atoms with Crippen LogP contribution in [-0.4, -0.2) is 47.4 Å². The van der Waals surface area contributed by atoms with E-state index in [1.54, 1.807) is 48.5 Å². The molecule has 0 radical (unpaired) electrons. The van der Waals surface area contributed by atoms with Gasteiger partial charge < -0.3 is 20.2 Å². The number of anilines is 2. The van der Waals surface area contributed by atoms with Crippen molar-refractivity contribution in [2.75, 3.05) is 23.7 Å². The summed E-state index contributed by atoms with van der Waals surface area (Å²) in [6, 6.07) is 16.7. The van der Waals surface area contributed by atoms with Gasteiger partial charge in [-0.2, -0.15) is 5.10 Å². The van der Waals surface area contributed by atoms with E-state index in [0.717, 1.165) is 16.5 Å². The van der Waals surface area contributed by atoms with Crippen molar-refractivity contribution in [2.24, 2.45) is 0 Å². The highest BCUT2D eigenvalue weighted by Crippen LogP contribution is 2.33. The number of ether oxygens (including phenoxy) is 2. The van der Waals surface area contributed by atoms with Crippen molar-refractivity contribution in [3.63, 3.8) is 0 Å². The van der Waals surface area contributed by atoms with Crippen LogP contribution in [0.1, 0.15) is 59.8 Å². The summed E-state index contributed by atoms with van der Waals surface area (Å²) in [6.45, 7) is 6.64. The highest BCUT2D eigenvalue weighted by molar-refractivity contribution is 7.93. The van der Waals surface area contributed by atoms with E-state index in [9.17, 15) is 17.6 Å². The fourth-order valence-electron chi connectivity index (χ4n) is 5.56. The van der Waals surface area contributed by atoms with Crippen LogP contribution >= 0.6 is 0 Å². The molecular formula is C33H34FN5O5S. The number of hydrogen-bond donors (Lipinski definition) is 3. The number of H-pyrrole nitrogens is 1. The number of nitrogens with one attached hydrogen (secondary N) is 2. The number of hydrogen-bond acceptors (Lipinski definition) is 7. The lowest BCUT2D eigenvalue weighted by Gasteiger charge is -2.24. The molecule has 3 aromatic carbocycles. The first-order valence-corrected chi connectivity index (χ1v) is 16.2. The number of nitrogens with two attached hydrogens (primary N) is 1. The van der Waals surface area contributed by atoms with E-state index in [1.165, 1.54) is 16.9 Å². The molecular weight excluding hydrogens is 597 g/mol. The molecule has 0 unspecified atom stereocenters. The molecule has 0 atom stereocenters. The Kier molecular flexibility index (Phi) is 8.10. The predicted molar refractivity (Wildman–Crippen MR) is 171 cm³/mol. The van der Waals surface area contributed by atoms with E-state index < -0.39 is 21.1 Å². The van der Waals surface area contributed by atoms with Gasteiger partial charge in [0.1, 0.15) is 11.6 Å². The van der Waals surface area contributed by atoms with E-state index >= 15 is 0 Å². The van der Waals surface area contributed by atoms with Crippen molar-refractivity contribution in [3.8, 4) is 17.2 Å².